The Hall–Kier alpha value is -1.41. The Morgan fingerprint density at radius 1 is 1.39 bits per heavy atom. The SMILES string of the molecule is C#C.COC(=O)[C@H](c1ccccc1Cl)N1CCC(SC)=C(C)C1. The van der Waals surface area contributed by atoms with Gasteiger partial charge >= 0.3 is 5.97 Å². The zero-order valence-electron chi connectivity index (χ0n) is 13.7. The van der Waals surface area contributed by atoms with Gasteiger partial charge in [-0.2, -0.15) is 0 Å². The van der Waals surface area contributed by atoms with E-state index in [1.165, 1.54) is 17.6 Å². The van der Waals surface area contributed by atoms with Crippen molar-refractivity contribution in [2.75, 3.05) is 26.5 Å². The smallest absolute Gasteiger partial charge is 0.327 e. The minimum absolute atomic E-state index is 0.261. The van der Waals surface area contributed by atoms with Crippen molar-refractivity contribution in [1.82, 2.24) is 4.90 Å². The molecular weight excluding hydrogens is 330 g/mol. The number of carbonyl (C=O) groups is 1. The van der Waals surface area contributed by atoms with Gasteiger partial charge in [-0.3, -0.25) is 4.90 Å². The zero-order chi connectivity index (χ0) is 17.4. The quantitative estimate of drug-likeness (QED) is 0.602. The molecule has 0 radical (unpaired) electrons. The highest BCUT2D eigenvalue weighted by Crippen LogP contribution is 2.34. The van der Waals surface area contributed by atoms with E-state index < -0.39 is 6.04 Å². The monoisotopic (exact) mass is 351 g/mol. The number of hydrogen-bond acceptors (Lipinski definition) is 4. The van der Waals surface area contributed by atoms with Crippen LogP contribution in [-0.2, 0) is 9.53 Å². The van der Waals surface area contributed by atoms with Crippen molar-refractivity contribution in [3.8, 4) is 12.8 Å². The summed E-state index contributed by atoms with van der Waals surface area (Å²) in [5, 5.41) is 0.602. The molecule has 0 amide bonds. The maximum Gasteiger partial charge on any atom is 0.327 e. The van der Waals surface area contributed by atoms with Crippen LogP contribution in [0, 0.1) is 12.8 Å². The molecule has 0 N–H and O–H groups in total. The van der Waals surface area contributed by atoms with Crippen molar-refractivity contribution in [3.05, 3.63) is 45.3 Å². The Labute approximate surface area is 148 Å². The first-order valence-electron chi connectivity index (χ1n) is 7.20. The molecule has 2 rings (SSSR count). The molecule has 0 aliphatic carbocycles. The topological polar surface area (TPSA) is 29.5 Å². The highest BCUT2D eigenvalue weighted by molar-refractivity contribution is 8.02. The molecule has 1 aromatic rings. The summed E-state index contributed by atoms with van der Waals surface area (Å²) in [5.41, 5.74) is 2.13. The van der Waals surface area contributed by atoms with Crippen molar-refractivity contribution >= 4 is 29.3 Å². The van der Waals surface area contributed by atoms with Gasteiger partial charge in [0, 0.05) is 18.1 Å². The molecule has 0 bridgehead atoms. The van der Waals surface area contributed by atoms with E-state index in [1.54, 1.807) is 11.8 Å². The number of halogens is 1. The predicted molar refractivity (Wildman–Crippen MR) is 98.5 cm³/mol. The van der Waals surface area contributed by atoms with Gasteiger partial charge in [0.1, 0.15) is 6.04 Å². The standard InChI is InChI=1S/C16H20ClNO2S.C2H2/c1-11-10-18(9-8-14(11)21-3)15(16(19)20-2)12-6-4-5-7-13(12)17;1-2/h4-7,15H,8-10H2,1-3H3;1-2H/t15-;/m0./s1. The van der Waals surface area contributed by atoms with E-state index >= 15 is 0 Å². The number of carbonyl (C=O) groups excluding carboxylic acids is 1. The molecule has 1 heterocycles. The molecule has 0 saturated carbocycles. The number of rotatable bonds is 4. The fourth-order valence-electron chi connectivity index (χ4n) is 2.71. The molecule has 0 aromatic heterocycles. The summed E-state index contributed by atoms with van der Waals surface area (Å²) in [7, 11) is 1.42. The normalized spacial score (nSPS) is 16.3. The number of terminal acetylenes is 1. The lowest BCUT2D eigenvalue weighted by Crippen LogP contribution is -2.39. The summed E-state index contributed by atoms with van der Waals surface area (Å²) >= 11 is 8.07. The van der Waals surface area contributed by atoms with Gasteiger partial charge in [-0.05, 0) is 41.7 Å². The van der Waals surface area contributed by atoms with Crippen LogP contribution < -0.4 is 0 Å². The summed E-state index contributed by atoms with van der Waals surface area (Å²) in [5.74, 6) is -0.261. The zero-order valence-corrected chi connectivity index (χ0v) is 15.3. The molecule has 3 nitrogen and oxygen atoms in total. The molecular formula is C18H22ClNO2S. The van der Waals surface area contributed by atoms with Crippen LogP contribution >= 0.6 is 23.4 Å². The highest BCUT2D eigenvalue weighted by atomic mass is 35.5. The first-order chi connectivity index (χ1) is 11.1. The highest BCUT2D eigenvalue weighted by Gasteiger charge is 2.32. The Bertz CT molecular complexity index is 598. The molecule has 5 heteroatoms. The van der Waals surface area contributed by atoms with Crippen LogP contribution in [0.3, 0.4) is 0 Å². The molecule has 0 unspecified atom stereocenters. The third kappa shape index (κ3) is 4.78. The van der Waals surface area contributed by atoms with E-state index in [4.69, 9.17) is 16.3 Å². The van der Waals surface area contributed by atoms with Gasteiger partial charge in [-0.25, -0.2) is 4.79 Å². The summed E-state index contributed by atoms with van der Waals surface area (Å²) in [4.78, 5) is 15.8. The number of esters is 1. The molecule has 1 aliphatic rings. The molecule has 0 spiro atoms. The van der Waals surface area contributed by atoms with E-state index in [1.807, 2.05) is 24.3 Å². The van der Waals surface area contributed by atoms with E-state index in [9.17, 15) is 4.79 Å². The van der Waals surface area contributed by atoms with Gasteiger partial charge in [0.2, 0.25) is 0 Å². The minimum Gasteiger partial charge on any atom is -0.468 e. The van der Waals surface area contributed by atoms with E-state index in [-0.39, 0.29) is 5.97 Å². The second kappa shape index (κ2) is 9.67. The van der Waals surface area contributed by atoms with Crippen LogP contribution in [0.1, 0.15) is 24.9 Å². The fourth-order valence-corrected chi connectivity index (χ4v) is 3.66. The van der Waals surface area contributed by atoms with Gasteiger partial charge in [0.25, 0.3) is 0 Å². The van der Waals surface area contributed by atoms with Gasteiger partial charge in [0.15, 0.2) is 0 Å². The van der Waals surface area contributed by atoms with Crippen molar-refractivity contribution in [2.24, 2.45) is 0 Å². The number of methoxy groups -OCH3 is 1. The van der Waals surface area contributed by atoms with Crippen molar-refractivity contribution in [2.45, 2.75) is 19.4 Å². The average Bonchev–Trinajstić information content (AvgIpc) is 2.58. The molecule has 1 aliphatic heterocycles. The Morgan fingerprint density at radius 2 is 2.04 bits per heavy atom. The third-order valence-electron chi connectivity index (χ3n) is 3.78. The predicted octanol–water partition coefficient (Wildman–Crippen LogP) is 4.15. The van der Waals surface area contributed by atoms with Gasteiger partial charge < -0.3 is 4.74 Å². The second-order valence-electron chi connectivity index (χ2n) is 5.08. The third-order valence-corrected chi connectivity index (χ3v) is 5.17. The lowest BCUT2D eigenvalue weighted by Gasteiger charge is -2.34. The van der Waals surface area contributed by atoms with Crippen LogP contribution in [0.5, 0.6) is 0 Å². The summed E-state index contributed by atoms with van der Waals surface area (Å²) < 4.78 is 5.00. The van der Waals surface area contributed by atoms with Gasteiger partial charge in [-0.15, -0.1) is 24.6 Å². The second-order valence-corrected chi connectivity index (χ2v) is 6.38. The van der Waals surface area contributed by atoms with E-state index in [0.717, 1.165) is 25.1 Å². The van der Waals surface area contributed by atoms with Crippen LogP contribution in [0.2, 0.25) is 5.02 Å². The van der Waals surface area contributed by atoms with Crippen molar-refractivity contribution in [3.63, 3.8) is 0 Å². The Morgan fingerprint density at radius 3 is 2.57 bits per heavy atom. The lowest BCUT2D eigenvalue weighted by atomic mass is 10.0. The Balaban J connectivity index is 0.00000127. The number of nitrogens with zero attached hydrogens (tertiary/aromatic N) is 1. The maximum atomic E-state index is 12.3. The first kappa shape index (κ1) is 19.6. The molecule has 23 heavy (non-hydrogen) atoms. The lowest BCUT2D eigenvalue weighted by molar-refractivity contribution is -0.147. The number of hydrogen-bond donors (Lipinski definition) is 0. The molecule has 124 valence electrons. The average molecular weight is 352 g/mol. The number of thioether (sulfide) groups is 1. The van der Waals surface area contributed by atoms with Gasteiger partial charge in [0.05, 0.1) is 7.11 Å². The fraction of sp³-hybridized carbons (Fsp3) is 0.389. The minimum atomic E-state index is -0.443. The number of ether oxygens (including phenoxy) is 1. The van der Waals surface area contributed by atoms with Crippen LogP contribution in [0.25, 0.3) is 0 Å². The molecule has 1 atom stereocenters. The van der Waals surface area contributed by atoms with Crippen LogP contribution in [0.15, 0.2) is 34.7 Å². The molecule has 0 saturated heterocycles. The van der Waals surface area contributed by atoms with E-state index in [0.29, 0.717) is 5.02 Å². The maximum absolute atomic E-state index is 12.3. The van der Waals surface area contributed by atoms with Crippen molar-refractivity contribution in [1.29, 1.82) is 0 Å². The molecule has 1 aromatic carbocycles. The van der Waals surface area contributed by atoms with Crippen LogP contribution in [-0.4, -0.2) is 37.3 Å². The molecule has 0 fully saturated rings. The summed E-state index contributed by atoms with van der Waals surface area (Å²) in [6, 6.07) is 7.03. The number of benzene rings is 1. The van der Waals surface area contributed by atoms with Crippen LogP contribution in [0.4, 0.5) is 0 Å². The van der Waals surface area contributed by atoms with Crippen molar-refractivity contribution < 1.29 is 9.53 Å². The van der Waals surface area contributed by atoms with E-state index in [2.05, 4.69) is 30.9 Å². The Kier molecular flexibility index (Phi) is 8.25. The summed E-state index contributed by atoms with van der Waals surface area (Å²) in [6.45, 7) is 3.72. The first-order valence-corrected chi connectivity index (χ1v) is 8.81. The largest absolute Gasteiger partial charge is 0.468 e. The summed E-state index contributed by atoms with van der Waals surface area (Å²) in [6.07, 6.45) is 11.1. The van der Waals surface area contributed by atoms with Gasteiger partial charge in [-0.1, -0.05) is 29.8 Å².